The van der Waals surface area contributed by atoms with Gasteiger partial charge in [-0.25, -0.2) is 0 Å². The van der Waals surface area contributed by atoms with Gasteiger partial charge in [-0.1, -0.05) is 35.3 Å². The van der Waals surface area contributed by atoms with Crippen LogP contribution in [0.15, 0.2) is 34.8 Å². The Morgan fingerprint density at radius 2 is 2.27 bits per heavy atom. The van der Waals surface area contributed by atoms with E-state index >= 15 is 0 Å². The number of ether oxygens (including phenoxy) is 1. The number of hydrogen-bond acceptors (Lipinski definition) is 2. The van der Waals surface area contributed by atoms with E-state index in [1.165, 1.54) is 12.5 Å². The standard InChI is InChI=1S/C11H10Cl2O2/c1-8(14)9-3-2-4-11(5-9)15-7-10(13)6-12/h2-6H,7H2,1H3. The maximum absolute atomic E-state index is 11.1. The molecule has 1 aromatic carbocycles. The van der Waals surface area contributed by atoms with Crippen LogP contribution in [0.1, 0.15) is 17.3 Å². The predicted molar refractivity (Wildman–Crippen MR) is 61.7 cm³/mol. The molecule has 0 atom stereocenters. The van der Waals surface area contributed by atoms with Gasteiger partial charge >= 0.3 is 0 Å². The number of carbonyl (C=O) groups is 1. The summed E-state index contributed by atoms with van der Waals surface area (Å²) < 4.78 is 5.31. The molecular weight excluding hydrogens is 235 g/mol. The minimum atomic E-state index is -0.000526. The van der Waals surface area contributed by atoms with Crippen molar-refractivity contribution >= 4 is 29.0 Å². The highest BCUT2D eigenvalue weighted by Gasteiger charge is 2.01. The van der Waals surface area contributed by atoms with Gasteiger partial charge < -0.3 is 4.74 Å². The van der Waals surface area contributed by atoms with Crippen molar-refractivity contribution in [1.29, 1.82) is 0 Å². The highest BCUT2D eigenvalue weighted by molar-refractivity contribution is 6.36. The van der Waals surface area contributed by atoms with Crippen LogP contribution in [-0.4, -0.2) is 12.4 Å². The van der Waals surface area contributed by atoms with Crippen molar-refractivity contribution in [2.24, 2.45) is 0 Å². The maximum Gasteiger partial charge on any atom is 0.159 e. The van der Waals surface area contributed by atoms with Crippen molar-refractivity contribution in [3.8, 4) is 5.75 Å². The van der Waals surface area contributed by atoms with E-state index in [0.29, 0.717) is 16.3 Å². The Kier molecular flexibility index (Phi) is 4.66. The van der Waals surface area contributed by atoms with E-state index in [0.717, 1.165) is 0 Å². The third-order valence-corrected chi connectivity index (χ3v) is 2.33. The molecule has 0 radical (unpaired) electrons. The molecule has 0 N–H and O–H groups in total. The van der Waals surface area contributed by atoms with Gasteiger partial charge in [0.15, 0.2) is 5.78 Å². The summed E-state index contributed by atoms with van der Waals surface area (Å²) in [5.74, 6) is 0.596. The molecule has 0 aliphatic heterocycles. The highest BCUT2D eigenvalue weighted by Crippen LogP contribution is 2.15. The molecule has 0 spiro atoms. The lowest BCUT2D eigenvalue weighted by Gasteiger charge is -2.05. The van der Waals surface area contributed by atoms with E-state index in [2.05, 4.69) is 0 Å². The van der Waals surface area contributed by atoms with E-state index < -0.39 is 0 Å². The normalized spacial score (nSPS) is 11.3. The van der Waals surface area contributed by atoms with Crippen LogP contribution in [0, 0.1) is 0 Å². The molecular formula is C11H10Cl2O2. The van der Waals surface area contributed by atoms with Crippen LogP contribution < -0.4 is 4.74 Å². The van der Waals surface area contributed by atoms with Crippen LogP contribution in [0.25, 0.3) is 0 Å². The number of halogens is 2. The molecule has 0 unspecified atom stereocenters. The first-order chi connectivity index (χ1) is 7.13. The Bertz CT molecular complexity index is 386. The quantitative estimate of drug-likeness (QED) is 0.757. The fourth-order valence-corrected chi connectivity index (χ4v) is 1.11. The van der Waals surface area contributed by atoms with Crippen molar-refractivity contribution in [2.45, 2.75) is 6.92 Å². The van der Waals surface area contributed by atoms with Crippen molar-refractivity contribution in [2.75, 3.05) is 6.61 Å². The largest absolute Gasteiger partial charge is 0.488 e. The van der Waals surface area contributed by atoms with E-state index in [-0.39, 0.29) is 12.4 Å². The van der Waals surface area contributed by atoms with Crippen LogP contribution in [0.2, 0.25) is 0 Å². The van der Waals surface area contributed by atoms with Crippen molar-refractivity contribution in [3.63, 3.8) is 0 Å². The summed E-state index contributed by atoms with van der Waals surface area (Å²) >= 11 is 11.0. The lowest BCUT2D eigenvalue weighted by Crippen LogP contribution is -1.98. The summed E-state index contributed by atoms with van der Waals surface area (Å²) in [6.45, 7) is 1.71. The zero-order chi connectivity index (χ0) is 11.3. The number of ketones is 1. The number of carbonyl (C=O) groups excluding carboxylic acids is 1. The highest BCUT2D eigenvalue weighted by atomic mass is 35.5. The Morgan fingerprint density at radius 3 is 2.87 bits per heavy atom. The van der Waals surface area contributed by atoms with Crippen LogP contribution in [0.5, 0.6) is 5.75 Å². The Morgan fingerprint density at radius 1 is 1.53 bits per heavy atom. The molecule has 1 rings (SSSR count). The molecule has 0 aromatic heterocycles. The molecule has 0 aliphatic carbocycles. The minimum absolute atomic E-state index is 0.000526. The van der Waals surface area contributed by atoms with E-state index in [4.69, 9.17) is 27.9 Å². The van der Waals surface area contributed by atoms with Crippen molar-refractivity contribution < 1.29 is 9.53 Å². The van der Waals surface area contributed by atoms with Gasteiger partial charge in [-0.3, -0.25) is 4.79 Å². The van der Waals surface area contributed by atoms with Gasteiger partial charge in [0, 0.05) is 11.1 Å². The summed E-state index contributed by atoms with van der Waals surface area (Å²) in [5, 5.41) is 0.407. The van der Waals surface area contributed by atoms with Gasteiger partial charge in [0.2, 0.25) is 0 Å². The lowest BCUT2D eigenvalue weighted by atomic mass is 10.1. The second-order valence-corrected chi connectivity index (χ2v) is 3.63. The topological polar surface area (TPSA) is 26.3 Å². The molecule has 15 heavy (non-hydrogen) atoms. The molecule has 2 nitrogen and oxygen atoms in total. The Labute approximate surface area is 98.4 Å². The molecule has 0 bridgehead atoms. The van der Waals surface area contributed by atoms with Gasteiger partial charge in [-0.15, -0.1) is 0 Å². The first-order valence-corrected chi connectivity index (χ1v) is 5.13. The van der Waals surface area contributed by atoms with Crippen molar-refractivity contribution in [3.05, 3.63) is 40.4 Å². The minimum Gasteiger partial charge on any atom is -0.488 e. The molecule has 4 heteroatoms. The summed E-state index contributed by atoms with van der Waals surface area (Å²) in [5.41, 5.74) is 1.86. The van der Waals surface area contributed by atoms with Gasteiger partial charge in [0.05, 0.1) is 5.03 Å². The molecule has 0 heterocycles. The average molecular weight is 245 g/mol. The summed E-state index contributed by atoms with van der Waals surface area (Å²) in [7, 11) is 0. The van der Waals surface area contributed by atoms with Gasteiger partial charge in [0.1, 0.15) is 12.4 Å². The second-order valence-electron chi connectivity index (χ2n) is 2.93. The van der Waals surface area contributed by atoms with Gasteiger partial charge in [-0.2, -0.15) is 0 Å². The second kappa shape index (κ2) is 5.79. The van der Waals surface area contributed by atoms with E-state index in [1.807, 2.05) is 0 Å². The van der Waals surface area contributed by atoms with Crippen LogP contribution in [0.3, 0.4) is 0 Å². The number of rotatable bonds is 4. The lowest BCUT2D eigenvalue weighted by molar-refractivity contribution is 0.101. The molecule has 80 valence electrons. The van der Waals surface area contributed by atoms with E-state index in [9.17, 15) is 4.79 Å². The first kappa shape index (κ1) is 12.1. The summed E-state index contributed by atoms with van der Waals surface area (Å²) in [6.07, 6.45) is 0. The summed E-state index contributed by atoms with van der Waals surface area (Å²) in [6, 6.07) is 6.91. The summed E-state index contributed by atoms with van der Waals surface area (Å²) in [4.78, 5) is 11.1. The number of hydrogen-bond donors (Lipinski definition) is 0. The molecule has 0 fully saturated rings. The van der Waals surface area contributed by atoms with Gasteiger partial charge in [0.25, 0.3) is 0 Å². The SMILES string of the molecule is CC(=O)c1cccc(OCC(Cl)=CCl)c1. The molecule has 0 amide bonds. The fourth-order valence-electron chi connectivity index (χ4n) is 0.989. The van der Waals surface area contributed by atoms with Crippen LogP contribution >= 0.6 is 23.2 Å². The fraction of sp³-hybridized carbons (Fsp3) is 0.182. The maximum atomic E-state index is 11.1. The Hall–Kier alpha value is -0.990. The van der Waals surface area contributed by atoms with E-state index in [1.54, 1.807) is 24.3 Å². The van der Waals surface area contributed by atoms with Crippen LogP contribution in [-0.2, 0) is 0 Å². The first-order valence-electron chi connectivity index (χ1n) is 4.32. The van der Waals surface area contributed by atoms with Crippen LogP contribution in [0.4, 0.5) is 0 Å². The zero-order valence-corrected chi connectivity index (χ0v) is 9.68. The smallest absolute Gasteiger partial charge is 0.159 e. The third kappa shape index (κ3) is 3.94. The number of benzene rings is 1. The predicted octanol–water partition coefficient (Wildman–Crippen LogP) is 3.59. The number of Topliss-reactive ketones (excluding diaryl/α,β-unsaturated/α-hetero) is 1. The monoisotopic (exact) mass is 244 g/mol. The van der Waals surface area contributed by atoms with Crippen molar-refractivity contribution in [1.82, 2.24) is 0 Å². The average Bonchev–Trinajstić information content (AvgIpc) is 2.26. The molecule has 1 aromatic rings. The third-order valence-electron chi connectivity index (χ3n) is 1.74. The molecule has 0 aliphatic rings. The zero-order valence-electron chi connectivity index (χ0n) is 8.17. The molecule has 0 saturated heterocycles. The molecule has 0 saturated carbocycles. The van der Waals surface area contributed by atoms with Gasteiger partial charge in [-0.05, 0) is 19.1 Å². The Balaban J connectivity index is 2.70.